The van der Waals surface area contributed by atoms with Gasteiger partial charge in [-0.05, 0) is 53.6 Å². The van der Waals surface area contributed by atoms with Crippen molar-refractivity contribution in [3.05, 3.63) is 102 Å². The number of aromatic amines is 1. The highest BCUT2D eigenvalue weighted by Gasteiger charge is 2.32. The highest BCUT2D eigenvalue weighted by Crippen LogP contribution is 2.30. The number of rotatable bonds is 8. The van der Waals surface area contributed by atoms with E-state index in [4.69, 9.17) is 4.74 Å². The van der Waals surface area contributed by atoms with Crippen molar-refractivity contribution < 1.29 is 14.3 Å². The zero-order chi connectivity index (χ0) is 29.6. The largest absolute Gasteiger partial charge is 0.379 e. The van der Waals surface area contributed by atoms with Gasteiger partial charge in [0.1, 0.15) is 6.04 Å². The lowest BCUT2D eigenvalue weighted by molar-refractivity contribution is -0.118. The molecular formula is C35H41N5O3. The number of benzene rings is 3. The maximum Gasteiger partial charge on any atom is 0.318 e. The van der Waals surface area contributed by atoms with Crippen LogP contribution in [0.1, 0.15) is 48.3 Å². The van der Waals surface area contributed by atoms with Crippen molar-refractivity contribution in [2.45, 2.75) is 44.2 Å². The molecule has 0 radical (unpaired) electrons. The molecule has 0 spiro atoms. The fourth-order valence-corrected chi connectivity index (χ4v) is 6.42. The number of hydrogen-bond acceptors (Lipinski definition) is 4. The summed E-state index contributed by atoms with van der Waals surface area (Å²) in [6.45, 7) is 7.41. The van der Waals surface area contributed by atoms with E-state index >= 15 is 0 Å². The molecule has 0 unspecified atom stereocenters. The first-order valence-corrected chi connectivity index (χ1v) is 15.4. The van der Waals surface area contributed by atoms with Crippen LogP contribution in [0.3, 0.4) is 0 Å². The van der Waals surface area contributed by atoms with Gasteiger partial charge in [0.25, 0.3) is 0 Å². The van der Waals surface area contributed by atoms with Gasteiger partial charge >= 0.3 is 6.03 Å². The van der Waals surface area contributed by atoms with E-state index in [1.54, 1.807) is 0 Å². The van der Waals surface area contributed by atoms with Crippen LogP contribution in [-0.2, 0) is 16.1 Å². The first kappa shape index (κ1) is 29.0. The fraction of sp³-hybridized carbons (Fsp3) is 0.371. The Morgan fingerprint density at radius 3 is 2.47 bits per heavy atom. The van der Waals surface area contributed by atoms with E-state index in [0.29, 0.717) is 19.0 Å². The highest BCUT2D eigenvalue weighted by atomic mass is 16.5. The van der Waals surface area contributed by atoms with E-state index in [2.05, 4.69) is 56.9 Å². The number of carbonyl (C=O) groups excluding carboxylic acids is 2. The van der Waals surface area contributed by atoms with Crippen LogP contribution in [0.5, 0.6) is 0 Å². The van der Waals surface area contributed by atoms with Crippen molar-refractivity contribution in [2.75, 3.05) is 44.7 Å². The number of nitrogens with zero attached hydrogens (tertiary/aromatic N) is 2. The topological polar surface area (TPSA) is 89.7 Å². The Kier molecular flexibility index (Phi) is 9.05. The number of fused-ring (bicyclic) bond motifs is 1. The molecule has 4 aromatic rings. The van der Waals surface area contributed by atoms with Crippen molar-refractivity contribution >= 4 is 28.5 Å². The Morgan fingerprint density at radius 2 is 1.67 bits per heavy atom. The Balaban J connectivity index is 1.18. The molecule has 8 nitrogen and oxygen atoms in total. The van der Waals surface area contributed by atoms with Crippen molar-refractivity contribution in [3.8, 4) is 0 Å². The van der Waals surface area contributed by atoms with Gasteiger partial charge in [0, 0.05) is 61.4 Å². The van der Waals surface area contributed by atoms with Crippen LogP contribution < -0.4 is 10.6 Å². The molecule has 2 aliphatic rings. The first-order chi connectivity index (χ1) is 21.0. The number of morpholine rings is 1. The van der Waals surface area contributed by atoms with Gasteiger partial charge in [0.15, 0.2) is 0 Å². The van der Waals surface area contributed by atoms with Crippen LogP contribution in [0.4, 0.5) is 10.5 Å². The molecule has 0 bridgehead atoms. The van der Waals surface area contributed by atoms with Crippen LogP contribution >= 0.6 is 0 Å². The smallest absolute Gasteiger partial charge is 0.318 e. The van der Waals surface area contributed by atoms with Gasteiger partial charge in [-0.3, -0.25) is 9.69 Å². The van der Waals surface area contributed by atoms with Crippen LogP contribution in [-0.4, -0.2) is 72.2 Å². The summed E-state index contributed by atoms with van der Waals surface area (Å²) >= 11 is 0. The van der Waals surface area contributed by atoms with E-state index in [1.807, 2.05) is 60.5 Å². The molecule has 8 heteroatoms. The number of amides is 3. The molecule has 0 aliphatic carbocycles. The maximum atomic E-state index is 14.0. The minimum Gasteiger partial charge on any atom is -0.379 e. The third-order valence-electron chi connectivity index (χ3n) is 8.93. The number of nitrogens with one attached hydrogen (secondary N) is 3. The number of aromatic nitrogens is 1. The number of ether oxygens (including phenoxy) is 1. The van der Waals surface area contributed by atoms with E-state index in [1.165, 1.54) is 5.56 Å². The quantitative estimate of drug-likeness (QED) is 0.250. The molecule has 1 aromatic heterocycles. The molecular weight excluding hydrogens is 538 g/mol. The number of anilines is 1. The zero-order valence-corrected chi connectivity index (χ0v) is 24.8. The second-order valence-corrected chi connectivity index (χ2v) is 11.8. The summed E-state index contributed by atoms with van der Waals surface area (Å²) in [7, 11) is 0. The third kappa shape index (κ3) is 6.92. The Hall–Kier alpha value is -4.14. The van der Waals surface area contributed by atoms with Gasteiger partial charge in [0.2, 0.25) is 5.91 Å². The second-order valence-electron chi connectivity index (χ2n) is 11.8. The van der Waals surface area contributed by atoms with E-state index in [0.717, 1.165) is 73.4 Å². The summed E-state index contributed by atoms with van der Waals surface area (Å²) in [4.78, 5) is 35.1. The molecule has 3 aromatic carbocycles. The summed E-state index contributed by atoms with van der Waals surface area (Å²) in [5.74, 6) is -0.0495. The van der Waals surface area contributed by atoms with Gasteiger partial charge in [0.05, 0.1) is 13.2 Å². The number of H-pyrrole nitrogens is 1. The van der Waals surface area contributed by atoms with Crippen LogP contribution in [0.15, 0.2) is 85.1 Å². The molecule has 224 valence electrons. The number of para-hydroxylation sites is 1. The summed E-state index contributed by atoms with van der Waals surface area (Å²) in [6, 6.07) is 25.6. The second kappa shape index (κ2) is 13.4. The van der Waals surface area contributed by atoms with Crippen LogP contribution in [0, 0.1) is 0 Å². The number of carbonyl (C=O) groups is 2. The molecule has 3 N–H and O–H groups in total. The van der Waals surface area contributed by atoms with E-state index in [-0.39, 0.29) is 17.9 Å². The minimum atomic E-state index is -0.763. The number of urea groups is 1. The van der Waals surface area contributed by atoms with Crippen molar-refractivity contribution in [3.63, 3.8) is 0 Å². The first-order valence-electron chi connectivity index (χ1n) is 15.4. The fourth-order valence-electron chi connectivity index (χ4n) is 6.42. The van der Waals surface area contributed by atoms with Gasteiger partial charge < -0.3 is 25.3 Å². The van der Waals surface area contributed by atoms with Crippen LogP contribution in [0.25, 0.3) is 10.9 Å². The molecule has 3 amide bonds. The molecule has 2 atom stereocenters. The van der Waals surface area contributed by atoms with Crippen molar-refractivity contribution in [2.24, 2.45) is 0 Å². The lowest BCUT2D eigenvalue weighted by Crippen LogP contribution is -2.53. The SMILES string of the molecule is C[C@H](c1c[nH]c2ccccc12)[C@@H](NC(=O)N1CCC(c2ccccc2)CC1)C(=O)Nc1cccc(CN2CCOCC2)c1. The predicted molar refractivity (Wildman–Crippen MR) is 170 cm³/mol. The Morgan fingerprint density at radius 1 is 0.930 bits per heavy atom. The molecule has 3 heterocycles. The summed E-state index contributed by atoms with van der Waals surface area (Å²) in [5.41, 5.74) is 5.19. The van der Waals surface area contributed by atoms with Gasteiger partial charge in [-0.25, -0.2) is 4.79 Å². The monoisotopic (exact) mass is 579 g/mol. The summed E-state index contributed by atoms with van der Waals surface area (Å²) in [6.07, 6.45) is 3.76. The normalized spacial score (nSPS) is 17.8. The molecule has 2 aliphatic heterocycles. The van der Waals surface area contributed by atoms with Gasteiger partial charge in [-0.2, -0.15) is 0 Å². The van der Waals surface area contributed by atoms with Crippen molar-refractivity contribution in [1.29, 1.82) is 0 Å². The standard InChI is InChI=1S/C35H41N5O3/c1-25(31-23-36-32-13-6-5-12-30(31)32)33(38-35(42)40-16-14-28(15-17-40)27-9-3-2-4-10-27)34(41)37-29-11-7-8-26(22-29)24-39-18-20-43-21-19-39/h2-13,22-23,25,28,33,36H,14-21,24H2,1H3,(H,37,41)(H,38,42)/t25-,33-/m1/s1. The maximum absolute atomic E-state index is 14.0. The lowest BCUT2D eigenvalue weighted by atomic mass is 9.89. The lowest BCUT2D eigenvalue weighted by Gasteiger charge is -2.34. The number of piperidine rings is 1. The zero-order valence-electron chi connectivity index (χ0n) is 24.8. The van der Waals surface area contributed by atoms with Crippen LogP contribution in [0.2, 0.25) is 0 Å². The molecule has 0 saturated carbocycles. The van der Waals surface area contributed by atoms with E-state index < -0.39 is 6.04 Å². The predicted octanol–water partition coefficient (Wildman–Crippen LogP) is 5.70. The highest BCUT2D eigenvalue weighted by molar-refractivity contribution is 5.98. The molecule has 43 heavy (non-hydrogen) atoms. The molecule has 6 rings (SSSR count). The summed E-state index contributed by atoms with van der Waals surface area (Å²) < 4.78 is 5.48. The van der Waals surface area contributed by atoms with Gasteiger partial charge in [-0.15, -0.1) is 0 Å². The summed E-state index contributed by atoms with van der Waals surface area (Å²) in [5, 5.41) is 7.31. The minimum absolute atomic E-state index is 0.195. The molecule has 2 saturated heterocycles. The third-order valence-corrected chi connectivity index (χ3v) is 8.93. The average molecular weight is 580 g/mol. The number of hydrogen-bond donors (Lipinski definition) is 3. The Labute approximate surface area is 253 Å². The van der Waals surface area contributed by atoms with E-state index in [9.17, 15) is 9.59 Å². The molecule has 2 fully saturated rings. The average Bonchev–Trinajstić information content (AvgIpc) is 3.49. The number of likely N-dealkylation sites (tertiary alicyclic amines) is 1. The van der Waals surface area contributed by atoms with Crippen molar-refractivity contribution in [1.82, 2.24) is 20.1 Å². The van der Waals surface area contributed by atoms with Gasteiger partial charge in [-0.1, -0.05) is 67.6 Å². The Bertz CT molecular complexity index is 1520.